The predicted octanol–water partition coefficient (Wildman–Crippen LogP) is 3.23. The summed E-state index contributed by atoms with van der Waals surface area (Å²) < 4.78 is 12.8. The van der Waals surface area contributed by atoms with Gasteiger partial charge in [0.1, 0.15) is 5.82 Å². The van der Waals surface area contributed by atoms with Crippen LogP contribution < -0.4 is 10.6 Å². The topological polar surface area (TPSA) is 41.1 Å². The van der Waals surface area contributed by atoms with E-state index in [9.17, 15) is 9.18 Å². The van der Waals surface area contributed by atoms with Gasteiger partial charge in [0.25, 0.3) is 0 Å². The van der Waals surface area contributed by atoms with E-state index in [1.807, 2.05) is 6.92 Å². The maximum Gasteiger partial charge on any atom is 0.223 e. The Labute approximate surface area is 142 Å². The van der Waals surface area contributed by atoms with Crippen molar-refractivity contribution in [2.45, 2.75) is 43.7 Å². The molecular weight excluding hydrogens is 323 g/mol. The number of hydrogen-bond acceptors (Lipinski definition) is 3. The first-order valence-electron chi connectivity index (χ1n) is 7.48. The molecule has 3 unspecified atom stereocenters. The number of carbonyl (C=O) groups excluding carboxylic acids is 1. The van der Waals surface area contributed by atoms with Crippen molar-refractivity contribution in [1.82, 2.24) is 10.6 Å². The molecule has 1 heterocycles. The zero-order chi connectivity index (χ0) is 15.2. The SMILES string of the molecule is CC(CSc1ccc(F)cc1)C(=O)NC1CCCNC1C.Cl. The molecule has 3 nitrogen and oxygen atoms in total. The molecule has 1 saturated heterocycles. The summed E-state index contributed by atoms with van der Waals surface area (Å²) in [4.78, 5) is 13.2. The van der Waals surface area contributed by atoms with Crippen molar-refractivity contribution in [3.05, 3.63) is 30.1 Å². The van der Waals surface area contributed by atoms with Gasteiger partial charge < -0.3 is 10.6 Å². The van der Waals surface area contributed by atoms with E-state index in [1.54, 1.807) is 23.9 Å². The maximum atomic E-state index is 12.8. The fraction of sp³-hybridized carbons (Fsp3) is 0.562. The minimum absolute atomic E-state index is 0. The van der Waals surface area contributed by atoms with Gasteiger partial charge in [-0.25, -0.2) is 4.39 Å². The Morgan fingerprint density at radius 1 is 1.45 bits per heavy atom. The van der Waals surface area contributed by atoms with Crippen LogP contribution in [0.15, 0.2) is 29.2 Å². The Morgan fingerprint density at radius 3 is 2.77 bits per heavy atom. The fourth-order valence-electron chi connectivity index (χ4n) is 2.39. The van der Waals surface area contributed by atoms with E-state index in [1.165, 1.54) is 12.1 Å². The van der Waals surface area contributed by atoms with Crippen LogP contribution in [0.1, 0.15) is 26.7 Å². The molecule has 1 amide bonds. The Balaban J connectivity index is 0.00000242. The molecule has 22 heavy (non-hydrogen) atoms. The quantitative estimate of drug-likeness (QED) is 0.804. The maximum absolute atomic E-state index is 12.8. The van der Waals surface area contributed by atoms with Crippen molar-refractivity contribution in [3.8, 4) is 0 Å². The van der Waals surface area contributed by atoms with Gasteiger partial charge in [-0.15, -0.1) is 24.2 Å². The summed E-state index contributed by atoms with van der Waals surface area (Å²) in [6, 6.07) is 6.95. The molecule has 0 aromatic heterocycles. The second-order valence-electron chi connectivity index (χ2n) is 5.67. The third-order valence-electron chi connectivity index (χ3n) is 3.85. The molecule has 0 saturated carbocycles. The minimum Gasteiger partial charge on any atom is -0.352 e. The zero-order valence-electron chi connectivity index (χ0n) is 13.0. The fourth-order valence-corrected chi connectivity index (χ4v) is 3.32. The van der Waals surface area contributed by atoms with Crippen molar-refractivity contribution < 1.29 is 9.18 Å². The monoisotopic (exact) mass is 346 g/mol. The van der Waals surface area contributed by atoms with Crippen LogP contribution in [0.25, 0.3) is 0 Å². The van der Waals surface area contributed by atoms with Crippen LogP contribution in [0.4, 0.5) is 4.39 Å². The van der Waals surface area contributed by atoms with Crippen molar-refractivity contribution in [1.29, 1.82) is 0 Å². The van der Waals surface area contributed by atoms with Gasteiger partial charge in [0.05, 0.1) is 0 Å². The Kier molecular flexibility index (Phi) is 8.21. The highest BCUT2D eigenvalue weighted by Crippen LogP contribution is 2.21. The van der Waals surface area contributed by atoms with Crippen LogP contribution in [-0.2, 0) is 4.79 Å². The van der Waals surface area contributed by atoms with Crippen molar-refractivity contribution in [2.24, 2.45) is 5.92 Å². The van der Waals surface area contributed by atoms with Gasteiger partial charge in [0, 0.05) is 28.6 Å². The average Bonchev–Trinajstić information content (AvgIpc) is 2.48. The Morgan fingerprint density at radius 2 is 2.14 bits per heavy atom. The Hall–Kier alpha value is -0.780. The molecule has 3 atom stereocenters. The number of amides is 1. The summed E-state index contributed by atoms with van der Waals surface area (Å²) in [7, 11) is 0. The summed E-state index contributed by atoms with van der Waals surface area (Å²) >= 11 is 1.59. The van der Waals surface area contributed by atoms with Gasteiger partial charge in [0.2, 0.25) is 5.91 Å². The second-order valence-corrected chi connectivity index (χ2v) is 6.76. The van der Waals surface area contributed by atoms with Gasteiger partial charge in [-0.2, -0.15) is 0 Å². The van der Waals surface area contributed by atoms with Gasteiger partial charge in [-0.1, -0.05) is 6.92 Å². The van der Waals surface area contributed by atoms with E-state index in [-0.39, 0.29) is 36.1 Å². The molecule has 1 aliphatic heterocycles. The summed E-state index contributed by atoms with van der Waals surface area (Å²) in [5.74, 6) is 0.509. The predicted molar refractivity (Wildman–Crippen MR) is 92.2 cm³/mol. The lowest BCUT2D eigenvalue weighted by molar-refractivity contribution is -0.124. The molecule has 0 aliphatic carbocycles. The molecule has 2 rings (SSSR count). The molecule has 1 fully saturated rings. The first kappa shape index (κ1) is 19.3. The number of hydrogen-bond donors (Lipinski definition) is 2. The normalized spacial score (nSPS) is 22.5. The summed E-state index contributed by atoms with van der Waals surface area (Å²) in [5.41, 5.74) is 0. The first-order chi connectivity index (χ1) is 10.1. The molecule has 6 heteroatoms. The second kappa shape index (κ2) is 9.38. The number of nitrogens with one attached hydrogen (secondary N) is 2. The van der Waals surface area contributed by atoms with Crippen LogP contribution in [0, 0.1) is 11.7 Å². The van der Waals surface area contributed by atoms with Crippen LogP contribution in [0.3, 0.4) is 0 Å². The van der Waals surface area contributed by atoms with Crippen LogP contribution in [-0.4, -0.2) is 30.3 Å². The van der Waals surface area contributed by atoms with E-state index in [2.05, 4.69) is 17.6 Å². The van der Waals surface area contributed by atoms with Crippen molar-refractivity contribution in [2.75, 3.05) is 12.3 Å². The van der Waals surface area contributed by atoms with Crippen LogP contribution in [0.5, 0.6) is 0 Å². The molecule has 1 aromatic rings. The van der Waals surface area contributed by atoms with Crippen LogP contribution in [0.2, 0.25) is 0 Å². The molecule has 124 valence electrons. The van der Waals surface area contributed by atoms with Gasteiger partial charge in [-0.3, -0.25) is 4.79 Å². The highest BCUT2D eigenvalue weighted by molar-refractivity contribution is 7.99. The van der Waals surface area contributed by atoms with Crippen LogP contribution >= 0.6 is 24.2 Å². The van der Waals surface area contributed by atoms with Gasteiger partial charge in [0.15, 0.2) is 0 Å². The lowest BCUT2D eigenvalue weighted by Gasteiger charge is -2.31. The lowest BCUT2D eigenvalue weighted by Crippen LogP contribution is -2.53. The molecule has 1 aliphatic rings. The molecule has 0 radical (unpaired) electrons. The summed E-state index contributed by atoms with van der Waals surface area (Å²) in [6.07, 6.45) is 2.14. The minimum atomic E-state index is -0.232. The number of benzene rings is 1. The zero-order valence-corrected chi connectivity index (χ0v) is 14.6. The average molecular weight is 347 g/mol. The number of carbonyl (C=O) groups is 1. The van der Waals surface area contributed by atoms with E-state index < -0.39 is 0 Å². The number of thioether (sulfide) groups is 1. The molecule has 2 N–H and O–H groups in total. The number of rotatable bonds is 5. The van der Waals surface area contributed by atoms with Gasteiger partial charge in [-0.05, 0) is 50.6 Å². The van der Waals surface area contributed by atoms with Crippen molar-refractivity contribution in [3.63, 3.8) is 0 Å². The van der Waals surface area contributed by atoms with E-state index in [4.69, 9.17) is 0 Å². The Bertz CT molecular complexity index is 472. The molecular formula is C16H24ClFN2OS. The standard InChI is InChI=1S/C16H23FN2OS.ClH/c1-11(10-21-14-7-5-13(17)6-8-14)16(20)19-15-4-3-9-18-12(15)2;/h5-8,11-12,15,18H,3-4,9-10H2,1-2H3,(H,19,20);1H. The highest BCUT2D eigenvalue weighted by atomic mass is 35.5. The lowest BCUT2D eigenvalue weighted by atomic mass is 9.99. The largest absolute Gasteiger partial charge is 0.352 e. The number of piperidine rings is 1. The van der Waals surface area contributed by atoms with E-state index in [0.717, 1.165) is 24.3 Å². The summed E-state index contributed by atoms with van der Waals surface area (Å²) in [5, 5.41) is 6.52. The number of halogens is 2. The highest BCUT2D eigenvalue weighted by Gasteiger charge is 2.24. The van der Waals surface area contributed by atoms with Gasteiger partial charge >= 0.3 is 0 Å². The summed E-state index contributed by atoms with van der Waals surface area (Å²) in [6.45, 7) is 5.08. The molecule has 0 bridgehead atoms. The third-order valence-corrected chi connectivity index (χ3v) is 5.12. The van der Waals surface area contributed by atoms with E-state index >= 15 is 0 Å². The smallest absolute Gasteiger partial charge is 0.223 e. The van der Waals surface area contributed by atoms with Crippen molar-refractivity contribution >= 4 is 30.1 Å². The third kappa shape index (κ3) is 5.78. The molecule has 0 spiro atoms. The first-order valence-corrected chi connectivity index (χ1v) is 8.47. The van der Waals surface area contributed by atoms with E-state index in [0.29, 0.717) is 11.8 Å². The molecule has 1 aromatic carbocycles.